The molecule has 0 aromatic heterocycles. The van der Waals surface area contributed by atoms with E-state index >= 15 is 0 Å². The van der Waals surface area contributed by atoms with Crippen molar-refractivity contribution >= 4 is 11.6 Å². The molecule has 1 aromatic rings. The van der Waals surface area contributed by atoms with E-state index in [0.717, 1.165) is 6.42 Å². The third kappa shape index (κ3) is 5.02. The lowest BCUT2D eigenvalue weighted by Crippen LogP contribution is -2.39. The first-order valence-corrected chi connectivity index (χ1v) is 6.09. The fourth-order valence-electron chi connectivity index (χ4n) is 1.88. The largest absolute Gasteiger partial charge is 0.271 e. The highest BCUT2D eigenvalue weighted by atomic mass is 35.5. The second-order valence-corrected chi connectivity index (χ2v) is 6.00. The van der Waals surface area contributed by atoms with Crippen LogP contribution in [0.3, 0.4) is 0 Å². The summed E-state index contributed by atoms with van der Waals surface area (Å²) >= 11 is 5.71. The van der Waals surface area contributed by atoms with Gasteiger partial charge in [-0.15, -0.1) is 0 Å². The molecule has 0 amide bonds. The monoisotopic (exact) mass is 258 g/mol. The molecular formula is C13H20ClFN2. The number of halogens is 2. The molecule has 0 aliphatic rings. The third-order valence-corrected chi connectivity index (χ3v) is 2.81. The van der Waals surface area contributed by atoms with Crippen LogP contribution in [0.15, 0.2) is 18.2 Å². The average molecular weight is 259 g/mol. The van der Waals surface area contributed by atoms with Crippen LogP contribution in [0.2, 0.25) is 5.02 Å². The van der Waals surface area contributed by atoms with Crippen LogP contribution in [-0.4, -0.2) is 6.04 Å². The van der Waals surface area contributed by atoms with E-state index in [4.69, 9.17) is 17.4 Å². The molecule has 0 saturated heterocycles. The van der Waals surface area contributed by atoms with Crippen molar-refractivity contribution in [2.75, 3.05) is 0 Å². The predicted molar refractivity (Wildman–Crippen MR) is 70.3 cm³/mol. The minimum absolute atomic E-state index is 0.0608. The number of nitrogens with two attached hydrogens (primary N) is 1. The molecule has 1 aromatic carbocycles. The maximum Gasteiger partial charge on any atom is 0.127 e. The van der Waals surface area contributed by atoms with Gasteiger partial charge in [-0.3, -0.25) is 11.3 Å². The van der Waals surface area contributed by atoms with Gasteiger partial charge in [-0.25, -0.2) is 4.39 Å². The van der Waals surface area contributed by atoms with Gasteiger partial charge in [-0.05, 0) is 36.0 Å². The van der Waals surface area contributed by atoms with Crippen molar-refractivity contribution in [3.8, 4) is 0 Å². The van der Waals surface area contributed by atoms with Crippen LogP contribution in [-0.2, 0) is 6.42 Å². The highest BCUT2D eigenvalue weighted by molar-refractivity contribution is 6.30. The first-order valence-electron chi connectivity index (χ1n) is 5.72. The molecule has 0 radical (unpaired) electrons. The number of benzene rings is 1. The summed E-state index contributed by atoms with van der Waals surface area (Å²) in [5.74, 6) is 5.24. The first-order chi connectivity index (χ1) is 7.81. The van der Waals surface area contributed by atoms with Gasteiger partial charge in [0.2, 0.25) is 0 Å². The summed E-state index contributed by atoms with van der Waals surface area (Å²) in [6.07, 6.45) is 1.45. The Kier molecular flexibility index (Phi) is 4.92. The standard InChI is InChI=1S/C13H20ClFN2/c1-13(2,3)8-11(17-16)6-9-4-5-10(14)7-12(9)15/h4-5,7,11,17H,6,8,16H2,1-3H3. The lowest BCUT2D eigenvalue weighted by molar-refractivity contribution is 0.307. The Morgan fingerprint density at radius 2 is 2.06 bits per heavy atom. The van der Waals surface area contributed by atoms with Gasteiger partial charge in [0.1, 0.15) is 5.82 Å². The number of hydrazine groups is 1. The van der Waals surface area contributed by atoms with Gasteiger partial charge in [-0.2, -0.15) is 0 Å². The Bertz CT molecular complexity index is 374. The highest BCUT2D eigenvalue weighted by Gasteiger charge is 2.19. The SMILES string of the molecule is CC(C)(C)CC(Cc1ccc(Cl)cc1F)NN. The van der Waals surface area contributed by atoms with E-state index in [-0.39, 0.29) is 17.3 Å². The summed E-state index contributed by atoms with van der Waals surface area (Å²) in [6.45, 7) is 6.40. The topological polar surface area (TPSA) is 38.0 Å². The van der Waals surface area contributed by atoms with E-state index in [1.165, 1.54) is 6.07 Å². The molecule has 0 spiro atoms. The van der Waals surface area contributed by atoms with Gasteiger partial charge in [0, 0.05) is 11.1 Å². The van der Waals surface area contributed by atoms with Gasteiger partial charge >= 0.3 is 0 Å². The summed E-state index contributed by atoms with van der Waals surface area (Å²) in [5.41, 5.74) is 3.54. The third-order valence-electron chi connectivity index (χ3n) is 2.58. The summed E-state index contributed by atoms with van der Waals surface area (Å²) in [4.78, 5) is 0. The molecule has 0 bridgehead atoms. The Morgan fingerprint density at radius 1 is 1.41 bits per heavy atom. The van der Waals surface area contributed by atoms with Crippen LogP contribution in [0.25, 0.3) is 0 Å². The van der Waals surface area contributed by atoms with Crippen molar-refractivity contribution in [1.29, 1.82) is 0 Å². The van der Waals surface area contributed by atoms with Crippen LogP contribution in [0.4, 0.5) is 4.39 Å². The van der Waals surface area contributed by atoms with Gasteiger partial charge in [0.05, 0.1) is 0 Å². The fraction of sp³-hybridized carbons (Fsp3) is 0.538. The highest BCUT2D eigenvalue weighted by Crippen LogP contribution is 2.23. The second kappa shape index (κ2) is 5.80. The van der Waals surface area contributed by atoms with Crippen LogP contribution >= 0.6 is 11.6 Å². The zero-order chi connectivity index (χ0) is 13.1. The molecule has 0 aliphatic heterocycles. The second-order valence-electron chi connectivity index (χ2n) is 5.57. The van der Waals surface area contributed by atoms with E-state index in [0.29, 0.717) is 17.0 Å². The summed E-state index contributed by atoms with van der Waals surface area (Å²) in [6, 6.07) is 4.81. The van der Waals surface area contributed by atoms with Crippen LogP contribution in [0.1, 0.15) is 32.8 Å². The van der Waals surface area contributed by atoms with Gasteiger partial charge in [-0.1, -0.05) is 38.4 Å². The lowest BCUT2D eigenvalue weighted by atomic mass is 9.86. The van der Waals surface area contributed by atoms with Crippen molar-refractivity contribution in [3.05, 3.63) is 34.6 Å². The van der Waals surface area contributed by atoms with E-state index in [2.05, 4.69) is 26.2 Å². The zero-order valence-corrected chi connectivity index (χ0v) is 11.3. The normalized spacial score (nSPS) is 13.8. The Balaban J connectivity index is 2.74. The lowest BCUT2D eigenvalue weighted by Gasteiger charge is -2.25. The van der Waals surface area contributed by atoms with E-state index in [1.807, 2.05) is 0 Å². The summed E-state index contributed by atoms with van der Waals surface area (Å²) < 4.78 is 13.6. The average Bonchev–Trinajstić information content (AvgIpc) is 2.19. The van der Waals surface area contributed by atoms with Crippen molar-refractivity contribution in [3.63, 3.8) is 0 Å². The quantitative estimate of drug-likeness (QED) is 0.643. The molecule has 1 rings (SSSR count). The van der Waals surface area contributed by atoms with E-state index < -0.39 is 0 Å². The van der Waals surface area contributed by atoms with Gasteiger partial charge in [0.15, 0.2) is 0 Å². The molecule has 1 unspecified atom stereocenters. The van der Waals surface area contributed by atoms with Gasteiger partial charge < -0.3 is 0 Å². The predicted octanol–water partition coefficient (Wildman–Crippen LogP) is 3.29. The maximum atomic E-state index is 13.6. The van der Waals surface area contributed by atoms with Crippen molar-refractivity contribution < 1.29 is 4.39 Å². The first kappa shape index (κ1) is 14.4. The van der Waals surface area contributed by atoms with Crippen LogP contribution in [0, 0.1) is 11.2 Å². The molecule has 1 atom stereocenters. The number of rotatable bonds is 4. The molecule has 0 aliphatic carbocycles. The zero-order valence-electron chi connectivity index (χ0n) is 10.6. The minimum atomic E-state index is -0.272. The molecule has 3 N–H and O–H groups in total. The molecule has 4 heteroatoms. The van der Waals surface area contributed by atoms with E-state index in [9.17, 15) is 4.39 Å². The Labute approximate surface area is 107 Å². The molecule has 2 nitrogen and oxygen atoms in total. The van der Waals surface area contributed by atoms with Crippen molar-refractivity contribution in [2.24, 2.45) is 11.3 Å². The molecule has 17 heavy (non-hydrogen) atoms. The Hall–Kier alpha value is -0.640. The van der Waals surface area contributed by atoms with Gasteiger partial charge in [0.25, 0.3) is 0 Å². The number of hydrogen-bond acceptors (Lipinski definition) is 2. The molecular weight excluding hydrogens is 239 g/mol. The molecule has 0 fully saturated rings. The minimum Gasteiger partial charge on any atom is -0.271 e. The molecule has 96 valence electrons. The fourth-order valence-corrected chi connectivity index (χ4v) is 2.04. The van der Waals surface area contributed by atoms with Crippen LogP contribution in [0.5, 0.6) is 0 Å². The number of hydrogen-bond donors (Lipinski definition) is 2. The van der Waals surface area contributed by atoms with Crippen molar-refractivity contribution in [2.45, 2.75) is 39.7 Å². The van der Waals surface area contributed by atoms with E-state index in [1.54, 1.807) is 12.1 Å². The van der Waals surface area contributed by atoms with Crippen molar-refractivity contribution in [1.82, 2.24) is 5.43 Å². The summed E-state index contributed by atoms with van der Waals surface area (Å²) in [5, 5.41) is 0.416. The Morgan fingerprint density at radius 3 is 2.53 bits per heavy atom. The smallest absolute Gasteiger partial charge is 0.127 e. The summed E-state index contributed by atoms with van der Waals surface area (Å²) in [7, 11) is 0. The van der Waals surface area contributed by atoms with Crippen LogP contribution < -0.4 is 11.3 Å². The molecule has 0 saturated carbocycles. The maximum absolute atomic E-state index is 13.6. The molecule has 0 heterocycles. The number of nitrogens with one attached hydrogen (secondary N) is 1.